The molecule has 0 bridgehead atoms. The molecule has 0 aromatic heterocycles. The summed E-state index contributed by atoms with van der Waals surface area (Å²) in [5.41, 5.74) is 0.00441. The molecule has 0 saturated heterocycles. The highest BCUT2D eigenvalue weighted by Crippen LogP contribution is 2.39. The Morgan fingerprint density at radius 3 is 2.33 bits per heavy atom. The maximum Gasteiger partial charge on any atom is 0.0643 e. The third kappa shape index (κ3) is 3.34. The first kappa shape index (κ1) is 14.0. The fourth-order valence-corrected chi connectivity index (χ4v) is 3.65. The summed E-state index contributed by atoms with van der Waals surface area (Å²) in [6.45, 7) is 2.09. The van der Waals surface area contributed by atoms with Crippen LogP contribution in [0.3, 0.4) is 0 Å². The van der Waals surface area contributed by atoms with Gasteiger partial charge >= 0.3 is 0 Å². The second-order valence-corrected chi connectivity index (χ2v) is 6.29. The molecular formula is C16H29NO. The maximum absolute atomic E-state index is 10.4. The second kappa shape index (κ2) is 6.70. The minimum Gasteiger partial charge on any atom is -0.392 e. The molecule has 0 spiro atoms. The molecule has 2 aliphatic rings. The Labute approximate surface area is 112 Å². The van der Waals surface area contributed by atoms with Crippen LogP contribution in [0.5, 0.6) is 0 Å². The third-order valence-electron chi connectivity index (χ3n) is 4.95. The first-order valence-corrected chi connectivity index (χ1v) is 7.99. The predicted molar refractivity (Wildman–Crippen MR) is 77.2 cm³/mol. The van der Waals surface area contributed by atoms with Crippen molar-refractivity contribution in [2.24, 2.45) is 10.4 Å². The third-order valence-corrected chi connectivity index (χ3v) is 4.95. The number of aliphatic hydroxyl groups excluding tert-OH is 1. The number of aliphatic imine (C=N–C) groups is 1. The van der Waals surface area contributed by atoms with E-state index in [1.165, 1.54) is 51.4 Å². The van der Waals surface area contributed by atoms with Gasteiger partial charge < -0.3 is 5.11 Å². The fraction of sp³-hybridized carbons (Fsp3) is 0.938. The van der Waals surface area contributed by atoms with Crippen molar-refractivity contribution in [3.8, 4) is 0 Å². The molecule has 2 nitrogen and oxygen atoms in total. The fourth-order valence-electron chi connectivity index (χ4n) is 3.65. The molecule has 2 aliphatic carbocycles. The van der Waals surface area contributed by atoms with Crippen molar-refractivity contribution in [3.63, 3.8) is 0 Å². The van der Waals surface area contributed by atoms with Gasteiger partial charge in [0.25, 0.3) is 0 Å². The summed E-state index contributed by atoms with van der Waals surface area (Å²) >= 11 is 0. The summed E-state index contributed by atoms with van der Waals surface area (Å²) in [6, 6.07) is 0.543. The number of nitrogens with zero attached hydrogens (tertiary/aromatic N) is 1. The van der Waals surface area contributed by atoms with E-state index in [9.17, 15) is 5.11 Å². The molecule has 2 saturated carbocycles. The van der Waals surface area contributed by atoms with Crippen molar-refractivity contribution < 1.29 is 5.11 Å². The Bertz CT molecular complexity index is 262. The van der Waals surface area contributed by atoms with E-state index in [1.807, 2.05) is 0 Å². The first-order valence-electron chi connectivity index (χ1n) is 7.99. The zero-order valence-corrected chi connectivity index (χ0v) is 11.9. The standard InChI is InChI=1S/C16H29NO/c1-2-15(18)16(11-7-4-8-12-16)13-17-14-9-5-3-6-10-14/h13-15,18H,2-12H2,1H3. The molecule has 2 rings (SSSR count). The molecule has 18 heavy (non-hydrogen) atoms. The smallest absolute Gasteiger partial charge is 0.0643 e. The summed E-state index contributed by atoms with van der Waals surface area (Å²) in [7, 11) is 0. The van der Waals surface area contributed by atoms with Gasteiger partial charge in [-0.1, -0.05) is 45.4 Å². The monoisotopic (exact) mass is 251 g/mol. The van der Waals surface area contributed by atoms with Crippen LogP contribution in [-0.4, -0.2) is 23.5 Å². The molecular weight excluding hydrogens is 222 g/mol. The second-order valence-electron chi connectivity index (χ2n) is 6.29. The highest BCUT2D eigenvalue weighted by atomic mass is 16.3. The van der Waals surface area contributed by atoms with Gasteiger partial charge in [0.05, 0.1) is 6.10 Å². The molecule has 0 aliphatic heterocycles. The Kier molecular flexibility index (Phi) is 5.23. The summed E-state index contributed by atoms with van der Waals surface area (Å²) in [5.74, 6) is 0. The van der Waals surface area contributed by atoms with E-state index in [1.54, 1.807) is 0 Å². The molecule has 1 atom stereocenters. The van der Waals surface area contributed by atoms with Crippen molar-refractivity contribution in [1.82, 2.24) is 0 Å². The molecule has 2 heteroatoms. The minimum absolute atomic E-state index is 0.00441. The van der Waals surface area contributed by atoms with Gasteiger partial charge in [-0.3, -0.25) is 4.99 Å². The van der Waals surface area contributed by atoms with Crippen LogP contribution in [0.15, 0.2) is 4.99 Å². The molecule has 0 heterocycles. The van der Waals surface area contributed by atoms with E-state index in [0.29, 0.717) is 6.04 Å². The Morgan fingerprint density at radius 1 is 1.11 bits per heavy atom. The number of rotatable bonds is 4. The molecule has 2 fully saturated rings. The van der Waals surface area contributed by atoms with E-state index >= 15 is 0 Å². The summed E-state index contributed by atoms with van der Waals surface area (Å²) in [5, 5.41) is 10.4. The van der Waals surface area contributed by atoms with Crippen LogP contribution in [0.2, 0.25) is 0 Å². The normalized spacial score (nSPS) is 27.4. The van der Waals surface area contributed by atoms with Crippen LogP contribution >= 0.6 is 0 Å². The van der Waals surface area contributed by atoms with Gasteiger partial charge in [-0.2, -0.15) is 0 Å². The van der Waals surface area contributed by atoms with Crippen LogP contribution in [0.4, 0.5) is 0 Å². The molecule has 1 N–H and O–H groups in total. The first-order chi connectivity index (χ1) is 8.77. The average Bonchev–Trinajstić information content (AvgIpc) is 2.46. The summed E-state index contributed by atoms with van der Waals surface area (Å²) in [4.78, 5) is 4.86. The van der Waals surface area contributed by atoms with Gasteiger partial charge in [0.15, 0.2) is 0 Å². The maximum atomic E-state index is 10.4. The van der Waals surface area contributed by atoms with Crippen LogP contribution < -0.4 is 0 Å². The molecule has 104 valence electrons. The molecule has 0 radical (unpaired) electrons. The lowest BCUT2D eigenvalue weighted by atomic mass is 9.70. The number of hydrogen-bond donors (Lipinski definition) is 1. The number of aliphatic hydroxyl groups is 1. The predicted octanol–water partition coefficient (Wildman–Crippen LogP) is 4.11. The van der Waals surface area contributed by atoms with Crippen molar-refractivity contribution >= 4 is 6.21 Å². The lowest BCUT2D eigenvalue weighted by Gasteiger charge is -2.38. The zero-order chi connectivity index (χ0) is 12.8. The highest BCUT2D eigenvalue weighted by molar-refractivity contribution is 5.67. The van der Waals surface area contributed by atoms with E-state index in [4.69, 9.17) is 4.99 Å². The molecule has 1 unspecified atom stereocenters. The Balaban J connectivity index is 2.01. The quantitative estimate of drug-likeness (QED) is 0.749. The van der Waals surface area contributed by atoms with Crippen molar-refractivity contribution in [3.05, 3.63) is 0 Å². The van der Waals surface area contributed by atoms with Gasteiger partial charge in [-0.05, 0) is 32.1 Å². The molecule has 0 aromatic carbocycles. The van der Waals surface area contributed by atoms with E-state index in [0.717, 1.165) is 19.3 Å². The lowest BCUT2D eigenvalue weighted by Crippen LogP contribution is -2.38. The number of hydrogen-bond acceptors (Lipinski definition) is 2. The summed E-state index contributed by atoms with van der Waals surface area (Å²) in [6.07, 6.45) is 15.5. The highest BCUT2D eigenvalue weighted by Gasteiger charge is 2.36. The Morgan fingerprint density at radius 2 is 1.72 bits per heavy atom. The van der Waals surface area contributed by atoms with Gasteiger partial charge in [0, 0.05) is 17.7 Å². The van der Waals surface area contributed by atoms with Gasteiger partial charge in [-0.25, -0.2) is 0 Å². The van der Waals surface area contributed by atoms with E-state index in [-0.39, 0.29) is 11.5 Å². The largest absolute Gasteiger partial charge is 0.392 e. The van der Waals surface area contributed by atoms with Crippen molar-refractivity contribution in [2.75, 3.05) is 0 Å². The summed E-state index contributed by atoms with van der Waals surface area (Å²) < 4.78 is 0. The van der Waals surface area contributed by atoms with E-state index in [2.05, 4.69) is 13.1 Å². The van der Waals surface area contributed by atoms with Crippen LogP contribution in [0, 0.1) is 5.41 Å². The van der Waals surface area contributed by atoms with Gasteiger partial charge in [0.2, 0.25) is 0 Å². The topological polar surface area (TPSA) is 32.6 Å². The van der Waals surface area contributed by atoms with Crippen LogP contribution in [-0.2, 0) is 0 Å². The minimum atomic E-state index is -0.190. The Hall–Kier alpha value is -0.370. The molecule has 0 aromatic rings. The van der Waals surface area contributed by atoms with Crippen LogP contribution in [0.25, 0.3) is 0 Å². The average molecular weight is 251 g/mol. The van der Waals surface area contributed by atoms with E-state index < -0.39 is 0 Å². The van der Waals surface area contributed by atoms with Crippen LogP contribution in [0.1, 0.15) is 77.6 Å². The lowest BCUT2D eigenvalue weighted by molar-refractivity contribution is 0.0459. The van der Waals surface area contributed by atoms with Gasteiger partial charge in [0.1, 0.15) is 0 Å². The SMILES string of the molecule is CCC(O)C1(C=NC2CCCCC2)CCCCC1. The van der Waals surface area contributed by atoms with Crippen molar-refractivity contribution in [2.45, 2.75) is 89.7 Å². The zero-order valence-electron chi connectivity index (χ0n) is 11.9. The van der Waals surface area contributed by atoms with Crippen molar-refractivity contribution in [1.29, 1.82) is 0 Å². The van der Waals surface area contributed by atoms with Gasteiger partial charge in [-0.15, -0.1) is 0 Å². The molecule has 0 amide bonds.